The van der Waals surface area contributed by atoms with Gasteiger partial charge in [0.2, 0.25) is 0 Å². The number of pyridine rings is 1. The van der Waals surface area contributed by atoms with Crippen molar-refractivity contribution in [3.05, 3.63) is 82.3 Å². The van der Waals surface area contributed by atoms with Crippen LogP contribution >= 0.6 is 0 Å². The molecule has 3 atom stereocenters. The number of aromatic nitrogens is 3. The van der Waals surface area contributed by atoms with Crippen molar-refractivity contribution in [1.29, 1.82) is 0 Å². The minimum Gasteiger partial charge on any atom is -0.497 e. The van der Waals surface area contributed by atoms with Crippen LogP contribution < -0.4 is 10.3 Å². The van der Waals surface area contributed by atoms with E-state index in [9.17, 15) is 4.79 Å². The fourth-order valence-electron chi connectivity index (χ4n) is 5.46. The number of hydrogen-bond donors (Lipinski definition) is 0. The van der Waals surface area contributed by atoms with E-state index in [1.165, 1.54) is 11.3 Å². The van der Waals surface area contributed by atoms with E-state index in [4.69, 9.17) is 4.74 Å². The van der Waals surface area contributed by atoms with Crippen LogP contribution in [0.2, 0.25) is 0 Å². The van der Waals surface area contributed by atoms with Crippen LogP contribution in [0, 0.1) is 5.92 Å². The van der Waals surface area contributed by atoms with Crippen molar-refractivity contribution < 1.29 is 4.74 Å². The number of methoxy groups -OCH3 is 1. The number of piperidine rings is 1. The molecule has 1 saturated heterocycles. The fraction of sp³-hybridized carbons (Fsp3) is 0.440. The molecule has 31 heavy (non-hydrogen) atoms. The summed E-state index contributed by atoms with van der Waals surface area (Å²) >= 11 is 0. The summed E-state index contributed by atoms with van der Waals surface area (Å²) in [5, 5.41) is 0. The molecular formula is C25H30N4O2. The van der Waals surface area contributed by atoms with Gasteiger partial charge in [-0.1, -0.05) is 18.2 Å². The smallest absolute Gasteiger partial charge is 0.251 e. The summed E-state index contributed by atoms with van der Waals surface area (Å²) < 4.78 is 9.64. The number of nitrogens with zero attached hydrogens (tertiary/aromatic N) is 4. The predicted molar refractivity (Wildman–Crippen MR) is 120 cm³/mol. The summed E-state index contributed by atoms with van der Waals surface area (Å²) in [6.07, 6.45) is 6.04. The Hall–Kier alpha value is -2.86. The second-order valence-electron chi connectivity index (χ2n) is 8.86. The molecule has 0 saturated carbocycles. The summed E-state index contributed by atoms with van der Waals surface area (Å²) in [7, 11) is 1.70. The van der Waals surface area contributed by atoms with Gasteiger partial charge in [-0.3, -0.25) is 9.69 Å². The van der Waals surface area contributed by atoms with E-state index in [2.05, 4.69) is 50.3 Å². The van der Waals surface area contributed by atoms with Crippen molar-refractivity contribution in [3.8, 4) is 5.75 Å². The Labute approximate surface area is 183 Å². The number of aryl methyl sites for hydroxylation is 1. The van der Waals surface area contributed by atoms with Crippen LogP contribution in [-0.4, -0.2) is 39.2 Å². The van der Waals surface area contributed by atoms with Crippen molar-refractivity contribution in [2.75, 3.05) is 20.2 Å². The summed E-state index contributed by atoms with van der Waals surface area (Å²) in [5.41, 5.74) is 3.63. The number of rotatable bonds is 6. The third-order valence-corrected chi connectivity index (χ3v) is 6.89. The molecule has 2 aliphatic heterocycles. The van der Waals surface area contributed by atoms with Crippen molar-refractivity contribution in [2.24, 2.45) is 5.92 Å². The monoisotopic (exact) mass is 418 g/mol. The van der Waals surface area contributed by atoms with Crippen LogP contribution in [0.15, 0.2) is 59.8 Å². The summed E-state index contributed by atoms with van der Waals surface area (Å²) in [6.45, 7) is 5.91. The second kappa shape index (κ2) is 8.35. The lowest BCUT2D eigenvalue weighted by atomic mass is 9.76. The number of hydrogen-bond acceptors (Lipinski definition) is 4. The van der Waals surface area contributed by atoms with Crippen LogP contribution in [0.4, 0.5) is 0 Å². The Kier molecular flexibility index (Phi) is 5.40. The number of likely N-dealkylation sites (tertiary alicyclic amines) is 1. The largest absolute Gasteiger partial charge is 0.497 e. The first-order valence-electron chi connectivity index (χ1n) is 11.2. The zero-order chi connectivity index (χ0) is 21.4. The molecule has 6 nitrogen and oxygen atoms in total. The normalized spacial score (nSPS) is 22.8. The first kappa shape index (κ1) is 20.1. The highest BCUT2D eigenvalue weighted by atomic mass is 16.5. The maximum Gasteiger partial charge on any atom is 0.251 e. The van der Waals surface area contributed by atoms with Gasteiger partial charge in [0, 0.05) is 56.1 Å². The van der Waals surface area contributed by atoms with E-state index in [0.29, 0.717) is 11.8 Å². The van der Waals surface area contributed by atoms with E-state index in [1.807, 2.05) is 24.5 Å². The first-order valence-corrected chi connectivity index (χ1v) is 11.2. The van der Waals surface area contributed by atoms with Gasteiger partial charge < -0.3 is 13.9 Å². The van der Waals surface area contributed by atoms with Gasteiger partial charge in [0.15, 0.2) is 0 Å². The molecule has 1 fully saturated rings. The van der Waals surface area contributed by atoms with Crippen LogP contribution in [-0.2, 0) is 19.5 Å². The zero-order valence-electron chi connectivity index (χ0n) is 18.3. The van der Waals surface area contributed by atoms with E-state index >= 15 is 0 Å². The molecular weight excluding hydrogens is 388 g/mol. The minimum absolute atomic E-state index is 0.121. The van der Waals surface area contributed by atoms with Crippen LogP contribution in [0.5, 0.6) is 5.75 Å². The highest BCUT2D eigenvalue weighted by molar-refractivity contribution is 5.30. The van der Waals surface area contributed by atoms with E-state index in [1.54, 1.807) is 13.2 Å². The molecule has 2 bridgehead atoms. The van der Waals surface area contributed by atoms with E-state index in [-0.39, 0.29) is 11.6 Å². The van der Waals surface area contributed by atoms with Crippen molar-refractivity contribution in [2.45, 2.75) is 44.8 Å². The number of ether oxygens (including phenoxy) is 1. The molecule has 4 heterocycles. The Morgan fingerprint density at radius 1 is 1.16 bits per heavy atom. The van der Waals surface area contributed by atoms with Gasteiger partial charge in [0.1, 0.15) is 5.75 Å². The van der Waals surface area contributed by atoms with Crippen molar-refractivity contribution in [1.82, 2.24) is 19.0 Å². The van der Waals surface area contributed by atoms with Gasteiger partial charge in [0.25, 0.3) is 5.56 Å². The fourth-order valence-corrected chi connectivity index (χ4v) is 5.46. The Morgan fingerprint density at radius 3 is 2.84 bits per heavy atom. The standard InChI is InChI=1S/C25H30N4O2/c1-3-27-15-21(26-17-27)16-28-13-19-12-20(14-28)24(29-23(19)8-5-9-25(29)30)11-18-6-4-7-22(10-18)31-2/h4-10,15,17,19-20,24H,3,11-14,16H2,1-2H3/t19-,20+,24+/m1/s1. The first-order chi connectivity index (χ1) is 15.1. The molecule has 0 aliphatic carbocycles. The molecule has 0 N–H and O–H groups in total. The summed E-state index contributed by atoms with van der Waals surface area (Å²) in [5.74, 6) is 1.69. The van der Waals surface area contributed by atoms with Crippen LogP contribution in [0.1, 0.15) is 42.3 Å². The Balaban J connectivity index is 1.46. The molecule has 0 amide bonds. The van der Waals surface area contributed by atoms with Crippen LogP contribution in [0.3, 0.4) is 0 Å². The predicted octanol–water partition coefficient (Wildman–Crippen LogP) is 3.48. The highest BCUT2D eigenvalue weighted by Gasteiger charge is 2.40. The maximum atomic E-state index is 12.9. The third kappa shape index (κ3) is 3.92. The molecule has 6 heteroatoms. The Bertz CT molecular complexity index is 1120. The van der Waals surface area contributed by atoms with Crippen molar-refractivity contribution in [3.63, 3.8) is 0 Å². The van der Waals surface area contributed by atoms with Gasteiger partial charge in [-0.15, -0.1) is 0 Å². The molecule has 2 aromatic heterocycles. The summed E-state index contributed by atoms with van der Waals surface area (Å²) in [6, 6.07) is 14.2. The van der Waals surface area contributed by atoms with Crippen LogP contribution in [0.25, 0.3) is 0 Å². The van der Waals surface area contributed by atoms with E-state index < -0.39 is 0 Å². The molecule has 0 spiro atoms. The number of benzene rings is 1. The Morgan fingerprint density at radius 2 is 2.03 bits per heavy atom. The van der Waals surface area contributed by atoms with Gasteiger partial charge in [0.05, 0.1) is 19.1 Å². The quantitative estimate of drug-likeness (QED) is 0.615. The van der Waals surface area contributed by atoms with E-state index in [0.717, 1.165) is 50.5 Å². The maximum absolute atomic E-state index is 12.9. The molecule has 2 aliphatic rings. The molecule has 0 radical (unpaired) electrons. The van der Waals surface area contributed by atoms with Gasteiger partial charge >= 0.3 is 0 Å². The average molecular weight is 419 g/mol. The van der Waals surface area contributed by atoms with Gasteiger partial charge in [-0.25, -0.2) is 4.98 Å². The number of fused-ring (bicyclic) bond motifs is 4. The molecule has 162 valence electrons. The van der Waals surface area contributed by atoms with Gasteiger partial charge in [-0.05, 0) is 49.4 Å². The molecule has 0 unspecified atom stereocenters. The topological polar surface area (TPSA) is 52.3 Å². The summed E-state index contributed by atoms with van der Waals surface area (Å²) in [4.78, 5) is 20.1. The van der Waals surface area contributed by atoms with Crippen molar-refractivity contribution >= 4 is 0 Å². The van der Waals surface area contributed by atoms with Gasteiger partial charge in [-0.2, -0.15) is 0 Å². The lowest BCUT2D eigenvalue weighted by molar-refractivity contribution is 0.0845. The highest BCUT2D eigenvalue weighted by Crippen LogP contribution is 2.42. The molecule has 1 aromatic carbocycles. The molecule has 3 aromatic rings. The molecule has 5 rings (SSSR count). The second-order valence-corrected chi connectivity index (χ2v) is 8.86. The average Bonchev–Trinajstić information content (AvgIpc) is 3.24. The lowest BCUT2D eigenvalue weighted by Crippen LogP contribution is -2.49. The zero-order valence-corrected chi connectivity index (χ0v) is 18.3. The minimum atomic E-state index is 0.121. The SMILES string of the molecule is CCn1cnc(CN2C[C@H]3C[C@@H](C2)[C@H](Cc2cccc(OC)c2)n2c3cccc2=O)c1. The lowest BCUT2D eigenvalue weighted by Gasteiger charge is -2.47. The third-order valence-electron chi connectivity index (χ3n) is 6.89. The number of imidazole rings is 1.